The number of hydrogen-bond donors (Lipinski definition) is 4. The number of carboxylic acid groups (broad SMARTS) is 2. The van der Waals surface area contributed by atoms with E-state index in [2.05, 4.69) is 5.32 Å². The molecule has 0 spiro atoms. The summed E-state index contributed by atoms with van der Waals surface area (Å²) in [6, 6.07) is 3.23. The monoisotopic (exact) mass is 251 g/mol. The molecular weight excluding hydrogens is 238 g/mol. The van der Waals surface area contributed by atoms with E-state index in [0.29, 0.717) is 18.5 Å². The van der Waals surface area contributed by atoms with Crippen LogP contribution in [0.2, 0.25) is 0 Å². The Kier molecular flexibility index (Phi) is 3.20. The SMILES string of the molecule is O=C(O)c1cc(O)cc([C@H]2CCN[C@@H]2C(=O)O)c1. The zero-order valence-corrected chi connectivity index (χ0v) is 9.46. The Hall–Kier alpha value is -2.08. The van der Waals surface area contributed by atoms with Gasteiger partial charge in [-0.2, -0.15) is 0 Å². The van der Waals surface area contributed by atoms with Gasteiger partial charge in [-0.3, -0.25) is 4.79 Å². The number of carbonyl (C=O) groups is 2. The molecule has 96 valence electrons. The molecule has 6 heteroatoms. The summed E-state index contributed by atoms with van der Waals surface area (Å²) in [5, 5.41) is 30.3. The van der Waals surface area contributed by atoms with Crippen molar-refractivity contribution in [1.29, 1.82) is 0 Å². The molecule has 2 rings (SSSR count). The summed E-state index contributed by atoms with van der Waals surface area (Å²) in [5.41, 5.74) is 0.492. The Morgan fingerprint density at radius 2 is 1.94 bits per heavy atom. The summed E-state index contributed by atoms with van der Waals surface area (Å²) in [6.45, 7) is 0.555. The molecule has 0 amide bonds. The van der Waals surface area contributed by atoms with Crippen molar-refractivity contribution in [3.05, 3.63) is 29.3 Å². The molecule has 1 aliphatic rings. The van der Waals surface area contributed by atoms with Crippen molar-refractivity contribution in [2.75, 3.05) is 6.54 Å². The van der Waals surface area contributed by atoms with Crippen LogP contribution < -0.4 is 5.32 Å². The number of carboxylic acids is 2. The number of phenols is 1. The molecule has 0 unspecified atom stereocenters. The van der Waals surface area contributed by atoms with Crippen molar-refractivity contribution in [2.45, 2.75) is 18.4 Å². The number of aromatic hydroxyl groups is 1. The van der Waals surface area contributed by atoms with E-state index in [4.69, 9.17) is 10.2 Å². The second kappa shape index (κ2) is 4.66. The van der Waals surface area contributed by atoms with E-state index < -0.39 is 18.0 Å². The molecule has 4 N–H and O–H groups in total. The van der Waals surface area contributed by atoms with Gasteiger partial charge in [0.25, 0.3) is 0 Å². The highest BCUT2D eigenvalue weighted by Crippen LogP contribution is 2.31. The first kappa shape index (κ1) is 12.4. The summed E-state index contributed by atoms with van der Waals surface area (Å²) in [6.07, 6.45) is 0.597. The standard InChI is InChI=1S/C12H13NO5/c14-8-4-6(3-7(5-8)11(15)16)9-1-2-13-10(9)12(17)18/h3-5,9-10,13-14H,1-2H2,(H,15,16)(H,17,18)/t9-,10+/m1/s1. The number of nitrogens with one attached hydrogen (secondary N) is 1. The number of rotatable bonds is 3. The van der Waals surface area contributed by atoms with Crippen LogP contribution in [-0.2, 0) is 4.79 Å². The van der Waals surface area contributed by atoms with Crippen molar-refractivity contribution >= 4 is 11.9 Å². The maximum atomic E-state index is 11.0. The Balaban J connectivity index is 2.38. The lowest BCUT2D eigenvalue weighted by Gasteiger charge is -2.16. The van der Waals surface area contributed by atoms with Gasteiger partial charge in [0.1, 0.15) is 11.8 Å². The van der Waals surface area contributed by atoms with E-state index in [1.54, 1.807) is 0 Å². The normalized spacial score (nSPS) is 22.9. The fourth-order valence-corrected chi connectivity index (χ4v) is 2.29. The summed E-state index contributed by atoms with van der Waals surface area (Å²) >= 11 is 0. The van der Waals surface area contributed by atoms with E-state index >= 15 is 0 Å². The number of phenolic OH excluding ortho intramolecular Hbond substituents is 1. The van der Waals surface area contributed by atoms with E-state index in [1.807, 2.05) is 0 Å². The van der Waals surface area contributed by atoms with Crippen LogP contribution >= 0.6 is 0 Å². The van der Waals surface area contributed by atoms with Gasteiger partial charge in [-0.15, -0.1) is 0 Å². The lowest BCUT2D eigenvalue weighted by atomic mass is 9.90. The second-order valence-electron chi connectivity index (χ2n) is 4.28. The maximum absolute atomic E-state index is 11.0. The van der Waals surface area contributed by atoms with Gasteiger partial charge < -0.3 is 20.6 Å². The van der Waals surface area contributed by atoms with Crippen molar-refractivity contribution in [3.63, 3.8) is 0 Å². The third-order valence-corrected chi connectivity index (χ3v) is 3.10. The van der Waals surface area contributed by atoms with Crippen LogP contribution in [0.25, 0.3) is 0 Å². The highest BCUT2D eigenvalue weighted by atomic mass is 16.4. The molecule has 6 nitrogen and oxygen atoms in total. The molecule has 1 saturated heterocycles. The van der Waals surface area contributed by atoms with Gasteiger partial charge in [0, 0.05) is 5.92 Å². The van der Waals surface area contributed by atoms with E-state index in [-0.39, 0.29) is 17.2 Å². The third-order valence-electron chi connectivity index (χ3n) is 3.10. The average Bonchev–Trinajstić information content (AvgIpc) is 2.76. The summed E-state index contributed by atoms with van der Waals surface area (Å²) < 4.78 is 0. The minimum atomic E-state index is -1.15. The number of benzene rings is 1. The molecule has 0 aliphatic carbocycles. The van der Waals surface area contributed by atoms with Gasteiger partial charge >= 0.3 is 11.9 Å². The third kappa shape index (κ3) is 2.28. The quantitative estimate of drug-likeness (QED) is 0.627. The summed E-state index contributed by atoms with van der Waals surface area (Å²) in [4.78, 5) is 21.9. The second-order valence-corrected chi connectivity index (χ2v) is 4.28. The van der Waals surface area contributed by atoms with Crippen LogP contribution in [-0.4, -0.2) is 39.8 Å². The van der Waals surface area contributed by atoms with Crippen LogP contribution in [0.1, 0.15) is 28.3 Å². The Bertz CT molecular complexity index is 499. The molecule has 1 heterocycles. The first-order valence-corrected chi connectivity index (χ1v) is 5.52. The minimum Gasteiger partial charge on any atom is -0.508 e. The lowest BCUT2D eigenvalue weighted by Crippen LogP contribution is -2.34. The minimum absolute atomic E-state index is 0.0407. The number of aliphatic carboxylic acids is 1. The average molecular weight is 251 g/mol. The van der Waals surface area contributed by atoms with Gasteiger partial charge in [-0.1, -0.05) is 0 Å². The molecular formula is C12H13NO5. The van der Waals surface area contributed by atoms with Gasteiger partial charge in [0.2, 0.25) is 0 Å². The molecule has 0 aromatic heterocycles. The van der Waals surface area contributed by atoms with Crippen molar-refractivity contribution in [2.24, 2.45) is 0 Å². The molecule has 1 aromatic rings. The van der Waals surface area contributed by atoms with E-state index in [1.165, 1.54) is 12.1 Å². The molecule has 1 aliphatic heterocycles. The molecule has 1 fully saturated rings. The Labute approximate surface area is 103 Å². The van der Waals surface area contributed by atoms with Crippen molar-refractivity contribution in [1.82, 2.24) is 5.32 Å². The fourth-order valence-electron chi connectivity index (χ4n) is 2.29. The van der Waals surface area contributed by atoms with Crippen LogP contribution in [0.5, 0.6) is 5.75 Å². The first-order chi connectivity index (χ1) is 8.49. The largest absolute Gasteiger partial charge is 0.508 e. The predicted molar refractivity (Wildman–Crippen MR) is 61.9 cm³/mol. The van der Waals surface area contributed by atoms with Crippen LogP contribution in [0.3, 0.4) is 0 Å². The molecule has 0 bridgehead atoms. The predicted octanol–water partition coefficient (Wildman–Crippen LogP) is 0.620. The van der Waals surface area contributed by atoms with Gasteiger partial charge in [0.15, 0.2) is 0 Å². The highest BCUT2D eigenvalue weighted by Gasteiger charge is 2.34. The van der Waals surface area contributed by atoms with Crippen molar-refractivity contribution < 1.29 is 24.9 Å². The Morgan fingerprint density at radius 3 is 2.56 bits per heavy atom. The van der Waals surface area contributed by atoms with Gasteiger partial charge in [-0.25, -0.2) is 4.79 Å². The molecule has 18 heavy (non-hydrogen) atoms. The van der Waals surface area contributed by atoms with Crippen molar-refractivity contribution in [3.8, 4) is 5.75 Å². The van der Waals surface area contributed by atoms with E-state index in [9.17, 15) is 14.7 Å². The van der Waals surface area contributed by atoms with E-state index in [0.717, 1.165) is 6.07 Å². The van der Waals surface area contributed by atoms with Gasteiger partial charge in [0.05, 0.1) is 5.56 Å². The molecule has 0 radical (unpaired) electrons. The van der Waals surface area contributed by atoms with Crippen LogP contribution in [0, 0.1) is 0 Å². The fraction of sp³-hybridized carbons (Fsp3) is 0.333. The topological polar surface area (TPSA) is 107 Å². The van der Waals surface area contributed by atoms with Crippen LogP contribution in [0.4, 0.5) is 0 Å². The summed E-state index contributed by atoms with van der Waals surface area (Å²) in [5.74, 6) is -2.61. The first-order valence-electron chi connectivity index (χ1n) is 5.52. The number of hydrogen-bond acceptors (Lipinski definition) is 4. The zero-order chi connectivity index (χ0) is 13.3. The zero-order valence-electron chi connectivity index (χ0n) is 9.46. The number of aromatic carboxylic acids is 1. The lowest BCUT2D eigenvalue weighted by molar-refractivity contribution is -0.139. The Morgan fingerprint density at radius 1 is 1.22 bits per heavy atom. The summed E-state index contributed by atoms with van der Waals surface area (Å²) in [7, 11) is 0. The maximum Gasteiger partial charge on any atom is 0.335 e. The smallest absolute Gasteiger partial charge is 0.335 e. The molecule has 2 atom stereocenters. The van der Waals surface area contributed by atoms with Crippen LogP contribution in [0.15, 0.2) is 18.2 Å². The van der Waals surface area contributed by atoms with Gasteiger partial charge in [-0.05, 0) is 36.7 Å². The highest BCUT2D eigenvalue weighted by molar-refractivity contribution is 5.88. The molecule has 1 aromatic carbocycles. The molecule has 0 saturated carbocycles.